The molecule has 0 spiro atoms. The van der Waals surface area contributed by atoms with E-state index in [1.165, 1.54) is 27.4 Å². The minimum atomic E-state index is -0.0772. The molecule has 0 saturated heterocycles. The highest BCUT2D eigenvalue weighted by atomic mass is 16.2. The van der Waals surface area contributed by atoms with Gasteiger partial charge in [-0.05, 0) is 69.9 Å². The molecule has 4 rings (SSSR count). The van der Waals surface area contributed by atoms with Gasteiger partial charge in [-0.2, -0.15) is 0 Å². The van der Waals surface area contributed by atoms with E-state index in [4.69, 9.17) is 0 Å². The number of aryl methyl sites for hydroxylation is 2. The summed E-state index contributed by atoms with van der Waals surface area (Å²) >= 11 is 0. The molecule has 4 nitrogen and oxygen atoms in total. The molecular formula is C28H33N3O. The van der Waals surface area contributed by atoms with Gasteiger partial charge in [0.1, 0.15) is 0 Å². The van der Waals surface area contributed by atoms with Crippen LogP contribution in [-0.4, -0.2) is 28.6 Å². The Morgan fingerprint density at radius 3 is 2.31 bits per heavy atom. The standard InChI is InChI=1S/C28H33N3O/c1-18(2)31-24-15-11-10-14-23(24)26-21(5)27(19(3)16-25(26)31)29-28(32)30(6)20(4)17-22-12-8-7-9-13-22/h7-16,18,20H,17H2,1-6H3,(H,29,32)/t20-/m1/s1. The zero-order valence-electron chi connectivity index (χ0n) is 19.9. The van der Waals surface area contributed by atoms with Crippen molar-refractivity contribution in [2.24, 2.45) is 0 Å². The van der Waals surface area contributed by atoms with Crippen molar-refractivity contribution >= 4 is 33.5 Å². The van der Waals surface area contributed by atoms with Gasteiger partial charge < -0.3 is 14.8 Å². The van der Waals surface area contributed by atoms with Crippen molar-refractivity contribution in [1.29, 1.82) is 0 Å². The third-order valence-corrected chi connectivity index (χ3v) is 6.55. The molecule has 4 aromatic rings. The number of fused-ring (bicyclic) bond motifs is 3. The Labute approximate surface area is 190 Å². The highest BCUT2D eigenvalue weighted by Crippen LogP contribution is 2.38. The SMILES string of the molecule is Cc1cc2c(c(C)c1NC(=O)N(C)[C@H](C)Cc1ccccc1)c1ccccc1n2C(C)C. The molecule has 4 heteroatoms. The van der Waals surface area contributed by atoms with Gasteiger partial charge in [-0.3, -0.25) is 0 Å². The molecule has 166 valence electrons. The van der Waals surface area contributed by atoms with Crippen molar-refractivity contribution in [3.63, 3.8) is 0 Å². The summed E-state index contributed by atoms with van der Waals surface area (Å²) in [5.41, 5.74) is 6.80. The third-order valence-electron chi connectivity index (χ3n) is 6.55. The lowest BCUT2D eigenvalue weighted by molar-refractivity contribution is 0.207. The molecule has 0 saturated carbocycles. The number of nitrogens with one attached hydrogen (secondary N) is 1. The first-order valence-corrected chi connectivity index (χ1v) is 11.4. The number of urea groups is 1. The summed E-state index contributed by atoms with van der Waals surface area (Å²) in [4.78, 5) is 15.0. The first-order valence-electron chi connectivity index (χ1n) is 11.4. The van der Waals surface area contributed by atoms with Crippen LogP contribution in [0.15, 0.2) is 60.7 Å². The molecular weight excluding hydrogens is 394 g/mol. The monoisotopic (exact) mass is 427 g/mol. The molecule has 0 bridgehead atoms. The van der Waals surface area contributed by atoms with Gasteiger partial charge in [0.25, 0.3) is 0 Å². The highest BCUT2D eigenvalue weighted by Gasteiger charge is 2.21. The Balaban J connectivity index is 1.69. The molecule has 1 heterocycles. The maximum absolute atomic E-state index is 13.2. The fourth-order valence-corrected chi connectivity index (χ4v) is 4.75. The van der Waals surface area contributed by atoms with Crippen molar-refractivity contribution < 1.29 is 4.79 Å². The molecule has 0 fully saturated rings. The normalized spacial score (nSPS) is 12.5. The van der Waals surface area contributed by atoms with Crippen LogP contribution in [0.2, 0.25) is 0 Å². The van der Waals surface area contributed by atoms with Gasteiger partial charge in [0.2, 0.25) is 0 Å². The van der Waals surface area contributed by atoms with Gasteiger partial charge in [0, 0.05) is 41.1 Å². The topological polar surface area (TPSA) is 37.3 Å². The predicted molar refractivity (Wildman–Crippen MR) is 136 cm³/mol. The number of rotatable bonds is 5. The number of para-hydroxylation sites is 1. The number of hydrogen-bond acceptors (Lipinski definition) is 1. The van der Waals surface area contributed by atoms with Crippen LogP contribution in [0.4, 0.5) is 10.5 Å². The van der Waals surface area contributed by atoms with Crippen LogP contribution < -0.4 is 5.32 Å². The van der Waals surface area contributed by atoms with E-state index in [0.29, 0.717) is 6.04 Å². The Kier molecular flexibility index (Phi) is 5.96. The molecule has 1 aromatic heterocycles. The lowest BCUT2D eigenvalue weighted by Gasteiger charge is -2.26. The fraction of sp³-hybridized carbons (Fsp3) is 0.321. The molecule has 0 aliphatic carbocycles. The zero-order chi connectivity index (χ0) is 23.0. The number of likely N-dealkylation sites (N-methyl/N-ethyl adjacent to an activating group) is 1. The van der Waals surface area contributed by atoms with Crippen LogP contribution in [0.5, 0.6) is 0 Å². The zero-order valence-corrected chi connectivity index (χ0v) is 19.9. The second kappa shape index (κ2) is 8.70. The van der Waals surface area contributed by atoms with Gasteiger partial charge >= 0.3 is 6.03 Å². The number of benzene rings is 3. The quantitative estimate of drug-likeness (QED) is 0.363. The Morgan fingerprint density at radius 2 is 1.62 bits per heavy atom. The molecule has 1 atom stereocenters. The van der Waals surface area contributed by atoms with Crippen LogP contribution in [0, 0.1) is 13.8 Å². The fourth-order valence-electron chi connectivity index (χ4n) is 4.75. The summed E-state index contributed by atoms with van der Waals surface area (Å²) in [6, 6.07) is 21.4. The number of amides is 2. The second-order valence-electron chi connectivity index (χ2n) is 9.15. The molecule has 1 N–H and O–H groups in total. The van der Waals surface area contributed by atoms with E-state index in [9.17, 15) is 4.79 Å². The lowest BCUT2D eigenvalue weighted by atomic mass is 10.0. The second-order valence-corrected chi connectivity index (χ2v) is 9.15. The van der Waals surface area contributed by atoms with E-state index in [1.807, 2.05) is 25.2 Å². The van der Waals surface area contributed by atoms with Gasteiger partial charge in [-0.25, -0.2) is 4.79 Å². The number of hydrogen-bond donors (Lipinski definition) is 1. The molecule has 0 aliphatic heterocycles. The van der Waals surface area contributed by atoms with E-state index in [2.05, 4.69) is 87.0 Å². The summed E-state index contributed by atoms with van der Waals surface area (Å²) in [5.74, 6) is 0. The molecule has 32 heavy (non-hydrogen) atoms. The van der Waals surface area contributed by atoms with Crippen molar-refractivity contribution in [1.82, 2.24) is 9.47 Å². The van der Waals surface area contributed by atoms with Crippen LogP contribution in [-0.2, 0) is 6.42 Å². The Bertz CT molecular complexity index is 1270. The van der Waals surface area contributed by atoms with Crippen molar-refractivity contribution in [2.45, 2.75) is 53.1 Å². The number of nitrogens with zero attached hydrogens (tertiary/aromatic N) is 2. The van der Waals surface area contributed by atoms with E-state index in [-0.39, 0.29) is 12.1 Å². The Hall–Kier alpha value is -3.27. The van der Waals surface area contributed by atoms with Crippen molar-refractivity contribution in [2.75, 3.05) is 12.4 Å². The maximum atomic E-state index is 13.2. The summed E-state index contributed by atoms with van der Waals surface area (Å²) in [5, 5.41) is 5.67. The molecule has 0 unspecified atom stereocenters. The largest absolute Gasteiger partial charge is 0.338 e. The molecule has 0 radical (unpaired) electrons. The Morgan fingerprint density at radius 1 is 0.969 bits per heavy atom. The first-order chi connectivity index (χ1) is 15.3. The lowest BCUT2D eigenvalue weighted by Crippen LogP contribution is -2.39. The van der Waals surface area contributed by atoms with E-state index >= 15 is 0 Å². The third kappa shape index (κ3) is 3.86. The highest BCUT2D eigenvalue weighted by molar-refractivity contribution is 6.12. The van der Waals surface area contributed by atoms with Gasteiger partial charge in [-0.15, -0.1) is 0 Å². The van der Waals surface area contributed by atoms with Gasteiger partial charge in [0.05, 0.1) is 5.52 Å². The number of carbonyl (C=O) groups excluding carboxylic acids is 1. The maximum Gasteiger partial charge on any atom is 0.321 e. The van der Waals surface area contributed by atoms with E-state index < -0.39 is 0 Å². The average Bonchev–Trinajstić information content (AvgIpc) is 3.10. The predicted octanol–water partition coefficient (Wildman–Crippen LogP) is 7.09. The minimum Gasteiger partial charge on any atom is -0.338 e. The van der Waals surface area contributed by atoms with Crippen LogP contribution >= 0.6 is 0 Å². The molecule has 2 amide bonds. The first kappa shape index (κ1) is 21.9. The molecule has 3 aromatic carbocycles. The summed E-state index contributed by atoms with van der Waals surface area (Å²) < 4.78 is 2.39. The van der Waals surface area contributed by atoms with Crippen LogP contribution in [0.25, 0.3) is 21.8 Å². The molecule has 0 aliphatic rings. The van der Waals surface area contributed by atoms with Crippen LogP contribution in [0.1, 0.15) is 43.5 Å². The summed E-state index contributed by atoms with van der Waals surface area (Å²) in [7, 11) is 1.87. The number of anilines is 1. The summed E-state index contributed by atoms with van der Waals surface area (Å²) in [6.45, 7) is 10.7. The number of carbonyl (C=O) groups is 1. The van der Waals surface area contributed by atoms with E-state index in [0.717, 1.165) is 23.2 Å². The minimum absolute atomic E-state index is 0.0772. The average molecular weight is 428 g/mol. The van der Waals surface area contributed by atoms with Crippen molar-refractivity contribution in [3.05, 3.63) is 77.4 Å². The van der Waals surface area contributed by atoms with Gasteiger partial charge in [0.15, 0.2) is 0 Å². The summed E-state index contributed by atoms with van der Waals surface area (Å²) in [6.07, 6.45) is 0.823. The van der Waals surface area contributed by atoms with Crippen molar-refractivity contribution in [3.8, 4) is 0 Å². The van der Waals surface area contributed by atoms with Crippen LogP contribution in [0.3, 0.4) is 0 Å². The van der Waals surface area contributed by atoms with E-state index in [1.54, 1.807) is 4.90 Å². The van der Waals surface area contributed by atoms with Gasteiger partial charge in [-0.1, -0.05) is 48.5 Å². The number of aromatic nitrogens is 1. The smallest absolute Gasteiger partial charge is 0.321 e.